The van der Waals surface area contributed by atoms with Gasteiger partial charge in [-0.2, -0.15) is 0 Å². The van der Waals surface area contributed by atoms with Crippen LogP contribution in [0.2, 0.25) is 0 Å². The average molecular weight is 351 g/mol. The molecule has 3 rings (SSSR count). The zero-order valence-corrected chi connectivity index (χ0v) is 16.1. The van der Waals surface area contributed by atoms with Crippen molar-refractivity contribution in [1.82, 2.24) is 20.4 Å². The minimum absolute atomic E-state index is 0.0410. The van der Waals surface area contributed by atoms with Crippen molar-refractivity contribution in [3.8, 4) is 0 Å². The molecule has 0 aromatic heterocycles. The van der Waals surface area contributed by atoms with E-state index >= 15 is 0 Å². The first-order valence-electron chi connectivity index (χ1n) is 10.8. The van der Waals surface area contributed by atoms with Gasteiger partial charge in [-0.1, -0.05) is 32.6 Å². The summed E-state index contributed by atoms with van der Waals surface area (Å²) < 4.78 is 0. The Kier molecular flexibility index (Phi) is 7.41. The van der Waals surface area contributed by atoms with Crippen LogP contribution >= 0.6 is 0 Å². The molecular weight excluding hydrogens is 312 g/mol. The van der Waals surface area contributed by atoms with Crippen LogP contribution in [0.5, 0.6) is 0 Å². The van der Waals surface area contributed by atoms with Crippen LogP contribution in [-0.2, 0) is 0 Å². The molecule has 0 bridgehead atoms. The number of hydrogen-bond acceptors (Lipinski definition) is 3. The predicted molar refractivity (Wildman–Crippen MR) is 103 cm³/mol. The Morgan fingerprint density at radius 3 is 2.64 bits per heavy atom. The van der Waals surface area contributed by atoms with Gasteiger partial charge in [0.15, 0.2) is 0 Å². The summed E-state index contributed by atoms with van der Waals surface area (Å²) in [5, 5.41) is 6.38. The van der Waals surface area contributed by atoms with Crippen molar-refractivity contribution < 1.29 is 4.79 Å². The lowest BCUT2D eigenvalue weighted by atomic mass is 10.0. The minimum atomic E-state index is 0.0410. The number of urea groups is 1. The quantitative estimate of drug-likeness (QED) is 0.742. The summed E-state index contributed by atoms with van der Waals surface area (Å²) in [6, 6.07) is 1.69. The molecule has 2 heterocycles. The third kappa shape index (κ3) is 5.58. The molecule has 0 radical (unpaired) electrons. The van der Waals surface area contributed by atoms with E-state index in [0.29, 0.717) is 12.1 Å². The van der Waals surface area contributed by atoms with Crippen molar-refractivity contribution in [3.05, 3.63) is 0 Å². The van der Waals surface area contributed by atoms with Gasteiger partial charge in [-0.25, -0.2) is 4.79 Å². The fourth-order valence-electron chi connectivity index (χ4n) is 4.90. The Balaban J connectivity index is 1.36. The molecular formula is C20H38N4O. The molecule has 2 aliphatic heterocycles. The van der Waals surface area contributed by atoms with E-state index in [1.807, 2.05) is 0 Å². The number of nitrogens with one attached hydrogen (secondary N) is 2. The van der Waals surface area contributed by atoms with Crippen LogP contribution in [0.15, 0.2) is 0 Å². The van der Waals surface area contributed by atoms with Crippen LogP contribution < -0.4 is 10.6 Å². The molecule has 2 N–H and O–H groups in total. The molecule has 0 aromatic rings. The molecule has 5 nitrogen and oxygen atoms in total. The summed E-state index contributed by atoms with van der Waals surface area (Å²) in [4.78, 5) is 17.5. The second-order valence-electron chi connectivity index (χ2n) is 8.31. The van der Waals surface area contributed by atoms with E-state index in [9.17, 15) is 4.79 Å². The minimum Gasteiger partial charge on any atom is -0.337 e. The van der Waals surface area contributed by atoms with Gasteiger partial charge in [0.05, 0.1) is 0 Å². The van der Waals surface area contributed by atoms with E-state index < -0.39 is 0 Å². The highest BCUT2D eigenvalue weighted by Crippen LogP contribution is 2.26. The van der Waals surface area contributed by atoms with Crippen molar-refractivity contribution in [3.63, 3.8) is 0 Å². The fraction of sp³-hybridized carbons (Fsp3) is 0.950. The number of nitrogens with zero attached hydrogens (tertiary/aromatic N) is 2. The zero-order valence-electron chi connectivity index (χ0n) is 16.1. The Morgan fingerprint density at radius 2 is 1.84 bits per heavy atom. The van der Waals surface area contributed by atoms with Gasteiger partial charge < -0.3 is 10.6 Å². The van der Waals surface area contributed by atoms with Crippen LogP contribution in [0.3, 0.4) is 0 Å². The number of hydrogen-bond donors (Lipinski definition) is 2. The molecule has 1 saturated carbocycles. The number of carbonyl (C=O) groups is 1. The first-order chi connectivity index (χ1) is 12.3. The highest BCUT2D eigenvalue weighted by molar-refractivity contribution is 5.74. The van der Waals surface area contributed by atoms with Crippen molar-refractivity contribution >= 4 is 6.03 Å². The molecule has 0 spiro atoms. The molecule has 25 heavy (non-hydrogen) atoms. The molecule has 0 aromatic carbocycles. The maximum Gasteiger partial charge on any atom is 0.315 e. The van der Waals surface area contributed by atoms with Gasteiger partial charge in [0.25, 0.3) is 0 Å². The van der Waals surface area contributed by atoms with Gasteiger partial charge in [-0.15, -0.1) is 0 Å². The number of likely N-dealkylation sites (tertiary alicyclic amines) is 2. The monoisotopic (exact) mass is 350 g/mol. The van der Waals surface area contributed by atoms with Gasteiger partial charge in [0, 0.05) is 37.8 Å². The Bertz CT molecular complexity index is 411. The summed E-state index contributed by atoms with van der Waals surface area (Å²) in [6.45, 7) is 7.64. The smallest absolute Gasteiger partial charge is 0.315 e. The van der Waals surface area contributed by atoms with E-state index in [-0.39, 0.29) is 6.03 Å². The molecule has 5 heteroatoms. The SMILES string of the molecule is CCCCN1CCCCC1CNC(=O)NC1CCN(C2CCCC2)C1. The highest BCUT2D eigenvalue weighted by atomic mass is 16.2. The van der Waals surface area contributed by atoms with Gasteiger partial charge in [0.2, 0.25) is 0 Å². The first kappa shape index (κ1) is 19.0. The van der Waals surface area contributed by atoms with E-state index in [0.717, 1.165) is 32.1 Å². The predicted octanol–water partition coefficient (Wildman–Crippen LogP) is 2.96. The van der Waals surface area contributed by atoms with E-state index in [1.165, 1.54) is 70.9 Å². The van der Waals surface area contributed by atoms with Crippen molar-refractivity contribution in [2.45, 2.75) is 89.3 Å². The van der Waals surface area contributed by atoms with E-state index in [2.05, 4.69) is 27.4 Å². The van der Waals surface area contributed by atoms with Crippen molar-refractivity contribution in [2.24, 2.45) is 0 Å². The van der Waals surface area contributed by atoms with Crippen LogP contribution in [0.4, 0.5) is 4.79 Å². The largest absolute Gasteiger partial charge is 0.337 e. The van der Waals surface area contributed by atoms with Crippen LogP contribution in [0.1, 0.15) is 71.1 Å². The Hall–Kier alpha value is -0.810. The fourth-order valence-corrected chi connectivity index (χ4v) is 4.90. The van der Waals surface area contributed by atoms with Gasteiger partial charge >= 0.3 is 6.03 Å². The first-order valence-corrected chi connectivity index (χ1v) is 10.8. The number of amides is 2. The molecule has 3 fully saturated rings. The second-order valence-corrected chi connectivity index (χ2v) is 8.31. The number of unbranched alkanes of at least 4 members (excludes halogenated alkanes) is 1. The van der Waals surface area contributed by atoms with Crippen LogP contribution in [-0.4, -0.2) is 66.7 Å². The lowest BCUT2D eigenvalue weighted by molar-refractivity contribution is 0.143. The maximum atomic E-state index is 12.3. The number of piperidine rings is 1. The topological polar surface area (TPSA) is 47.6 Å². The summed E-state index contributed by atoms with van der Waals surface area (Å²) in [6.07, 6.45) is 12.9. The van der Waals surface area contributed by atoms with Crippen LogP contribution in [0, 0.1) is 0 Å². The standard InChI is InChI=1S/C20H38N4O/c1-2-3-12-23-13-7-6-10-19(23)15-21-20(25)22-17-11-14-24(16-17)18-8-4-5-9-18/h17-19H,2-16H2,1H3,(H2,21,22,25). The summed E-state index contributed by atoms with van der Waals surface area (Å²) >= 11 is 0. The van der Waals surface area contributed by atoms with Crippen molar-refractivity contribution in [1.29, 1.82) is 0 Å². The van der Waals surface area contributed by atoms with E-state index in [1.54, 1.807) is 0 Å². The zero-order chi connectivity index (χ0) is 17.5. The third-order valence-electron chi connectivity index (χ3n) is 6.44. The average Bonchev–Trinajstić information content (AvgIpc) is 3.30. The summed E-state index contributed by atoms with van der Waals surface area (Å²) in [7, 11) is 0. The second kappa shape index (κ2) is 9.77. The van der Waals surface area contributed by atoms with Gasteiger partial charge in [-0.3, -0.25) is 9.80 Å². The molecule has 2 atom stereocenters. The van der Waals surface area contributed by atoms with Crippen molar-refractivity contribution in [2.75, 3.05) is 32.7 Å². The summed E-state index contributed by atoms with van der Waals surface area (Å²) in [5.41, 5.74) is 0. The normalized spacial score (nSPS) is 29.2. The molecule has 144 valence electrons. The number of carbonyl (C=O) groups excluding carboxylic acids is 1. The maximum absolute atomic E-state index is 12.3. The van der Waals surface area contributed by atoms with Gasteiger partial charge in [0.1, 0.15) is 0 Å². The third-order valence-corrected chi connectivity index (χ3v) is 6.44. The molecule has 1 aliphatic carbocycles. The summed E-state index contributed by atoms with van der Waals surface area (Å²) in [5.74, 6) is 0. The molecule has 2 saturated heterocycles. The Labute approximate surface area is 153 Å². The molecule has 2 unspecified atom stereocenters. The van der Waals surface area contributed by atoms with Crippen LogP contribution in [0.25, 0.3) is 0 Å². The molecule has 3 aliphatic rings. The van der Waals surface area contributed by atoms with Gasteiger partial charge in [-0.05, 0) is 51.6 Å². The molecule has 2 amide bonds. The highest BCUT2D eigenvalue weighted by Gasteiger charge is 2.30. The Morgan fingerprint density at radius 1 is 1.04 bits per heavy atom. The van der Waals surface area contributed by atoms with E-state index in [4.69, 9.17) is 0 Å². The lowest BCUT2D eigenvalue weighted by Gasteiger charge is -2.35. The lowest BCUT2D eigenvalue weighted by Crippen LogP contribution is -2.50. The number of rotatable bonds is 7.